The van der Waals surface area contributed by atoms with Gasteiger partial charge in [0.1, 0.15) is 11.3 Å². The third-order valence-corrected chi connectivity index (χ3v) is 6.22. The molecule has 0 spiro atoms. The topological polar surface area (TPSA) is 49.2 Å². The summed E-state index contributed by atoms with van der Waals surface area (Å²) < 4.78 is 14.4. The Morgan fingerprint density at radius 1 is 1.16 bits per heavy atom. The SMILES string of the molecule is CCc1nc2cnc3ccc(Cl)cc3c2n1[C@@H]1CCO[C@H](COCc2ccccc2)C1. The van der Waals surface area contributed by atoms with Crippen molar-refractivity contribution in [3.63, 3.8) is 0 Å². The maximum atomic E-state index is 6.33. The van der Waals surface area contributed by atoms with Crippen LogP contribution in [0.25, 0.3) is 21.9 Å². The van der Waals surface area contributed by atoms with Gasteiger partial charge in [0.25, 0.3) is 0 Å². The molecule has 1 saturated heterocycles. The second-order valence-electron chi connectivity index (χ2n) is 8.08. The van der Waals surface area contributed by atoms with Crippen molar-refractivity contribution in [2.45, 2.75) is 44.9 Å². The minimum Gasteiger partial charge on any atom is -0.376 e. The first-order valence-corrected chi connectivity index (χ1v) is 11.3. The maximum Gasteiger partial charge on any atom is 0.109 e. The highest BCUT2D eigenvalue weighted by Gasteiger charge is 2.28. The zero-order valence-electron chi connectivity index (χ0n) is 17.6. The van der Waals surface area contributed by atoms with Gasteiger partial charge in [0.2, 0.25) is 0 Å². The Balaban J connectivity index is 1.42. The summed E-state index contributed by atoms with van der Waals surface area (Å²) >= 11 is 6.33. The van der Waals surface area contributed by atoms with Crippen molar-refractivity contribution < 1.29 is 9.47 Å². The molecule has 5 rings (SSSR count). The lowest BCUT2D eigenvalue weighted by atomic mass is 10.0. The van der Waals surface area contributed by atoms with E-state index in [2.05, 4.69) is 28.6 Å². The number of pyridine rings is 1. The van der Waals surface area contributed by atoms with Crippen molar-refractivity contribution in [2.24, 2.45) is 0 Å². The van der Waals surface area contributed by atoms with Crippen LogP contribution >= 0.6 is 11.6 Å². The number of rotatable bonds is 6. The summed E-state index contributed by atoms with van der Waals surface area (Å²) in [6.45, 7) is 4.07. The van der Waals surface area contributed by atoms with Crippen molar-refractivity contribution >= 4 is 33.5 Å². The van der Waals surface area contributed by atoms with E-state index in [9.17, 15) is 0 Å². The molecular formula is C25H26ClN3O2. The zero-order chi connectivity index (χ0) is 21.2. The van der Waals surface area contributed by atoms with Crippen molar-refractivity contribution in [3.8, 4) is 0 Å². The van der Waals surface area contributed by atoms with Gasteiger partial charge in [0.15, 0.2) is 0 Å². The molecule has 0 amide bonds. The van der Waals surface area contributed by atoms with E-state index in [0.29, 0.717) is 24.3 Å². The van der Waals surface area contributed by atoms with E-state index < -0.39 is 0 Å². The van der Waals surface area contributed by atoms with Crippen LogP contribution in [-0.2, 0) is 22.5 Å². The quantitative estimate of drug-likeness (QED) is 0.387. The van der Waals surface area contributed by atoms with E-state index >= 15 is 0 Å². The molecule has 0 bridgehead atoms. The van der Waals surface area contributed by atoms with Gasteiger partial charge in [0, 0.05) is 29.5 Å². The van der Waals surface area contributed by atoms with Gasteiger partial charge in [0.05, 0.1) is 36.5 Å². The Hall–Kier alpha value is -2.47. The van der Waals surface area contributed by atoms with E-state index in [-0.39, 0.29) is 6.10 Å². The number of imidazole rings is 1. The van der Waals surface area contributed by atoms with Crippen LogP contribution in [0.15, 0.2) is 54.7 Å². The predicted octanol–water partition coefficient (Wildman–Crippen LogP) is 5.74. The van der Waals surface area contributed by atoms with E-state index in [4.69, 9.17) is 26.1 Å². The van der Waals surface area contributed by atoms with E-state index in [1.807, 2.05) is 42.6 Å². The van der Waals surface area contributed by atoms with Crippen LogP contribution in [0, 0.1) is 0 Å². The molecule has 2 atom stereocenters. The molecule has 1 fully saturated rings. The van der Waals surface area contributed by atoms with Gasteiger partial charge in [-0.25, -0.2) is 4.98 Å². The molecule has 2 aromatic carbocycles. The summed E-state index contributed by atoms with van der Waals surface area (Å²) in [5.41, 5.74) is 4.17. The highest BCUT2D eigenvalue weighted by Crippen LogP contribution is 2.34. The fourth-order valence-electron chi connectivity index (χ4n) is 4.53. The lowest BCUT2D eigenvalue weighted by molar-refractivity contribution is -0.0581. The minimum atomic E-state index is 0.0707. The van der Waals surface area contributed by atoms with Crippen LogP contribution < -0.4 is 0 Å². The predicted molar refractivity (Wildman–Crippen MR) is 124 cm³/mol. The van der Waals surface area contributed by atoms with Crippen LogP contribution in [0.5, 0.6) is 0 Å². The van der Waals surface area contributed by atoms with Crippen molar-refractivity contribution in [1.82, 2.24) is 14.5 Å². The van der Waals surface area contributed by atoms with Crippen LogP contribution in [-0.4, -0.2) is 33.9 Å². The highest BCUT2D eigenvalue weighted by atomic mass is 35.5. The highest BCUT2D eigenvalue weighted by molar-refractivity contribution is 6.31. The fourth-order valence-corrected chi connectivity index (χ4v) is 4.71. The summed E-state index contributed by atoms with van der Waals surface area (Å²) in [6, 6.07) is 16.4. The van der Waals surface area contributed by atoms with Crippen LogP contribution in [0.2, 0.25) is 5.02 Å². The number of fused-ring (bicyclic) bond motifs is 3. The van der Waals surface area contributed by atoms with Gasteiger partial charge < -0.3 is 14.0 Å². The van der Waals surface area contributed by atoms with E-state index in [1.165, 1.54) is 5.56 Å². The standard InChI is InChI=1S/C25H26ClN3O2/c1-2-24-28-23-14-27-22-9-8-18(26)12-21(22)25(23)29(24)19-10-11-31-20(13-19)16-30-15-17-6-4-3-5-7-17/h3-9,12,14,19-20H,2,10-11,13,15-16H2,1H3/t19-,20+/m1/s1. The monoisotopic (exact) mass is 435 g/mol. The third kappa shape index (κ3) is 4.18. The van der Waals surface area contributed by atoms with Crippen molar-refractivity contribution in [2.75, 3.05) is 13.2 Å². The molecule has 1 aliphatic heterocycles. The first kappa shape index (κ1) is 20.4. The average molecular weight is 436 g/mol. The van der Waals surface area contributed by atoms with Gasteiger partial charge in [-0.15, -0.1) is 0 Å². The number of aryl methyl sites for hydroxylation is 1. The molecule has 0 radical (unpaired) electrons. The Morgan fingerprint density at radius 3 is 2.87 bits per heavy atom. The number of benzene rings is 2. The van der Waals surface area contributed by atoms with Crippen molar-refractivity contribution in [1.29, 1.82) is 0 Å². The lowest BCUT2D eigenvalue weighted by Crippen LogP contribution is -2.31. The molecule has 160 valence electrons. The van der Waals surface area contributed by atoms with Gasteiger partial charge in [-0.05, 0) is 36.6 Å². The van der Waals surface area contributed by atoms with Gasteiger partial charge >= 0.3 is 0 Å². The summed E-state index contributed by atoms with van der Waals surface area (Å²) in [4.78, 5) is 9.49. The Bertz CT molecular complexity index is 1190. The Kier molecular flexibility index (Phi) is 5.90. The second-order valence-corrected chi connectivity index (χ2v) is 8.51. The molecule has 6 heteroatoms. The van der Waals surface area contributed by atoms with E-state index in [0.717, 1.165) is 53.6 Å². The normalized spacial score (nSPS) is 19.3. The molecule has 0 N–H and O–H groups in total. The van der Waals surface area contributed by atoms with Crippen LogP contribution in [0.1, 0.15) is 37.2 Å². The smallest absolute Gasteiger partial charge is 0.109 e. The fraction of sp³-hybridized carbons (Fsp3) is 0.360. The van der Waals surface area contributed by atoms with Gasteiger partial charge in [-0.3, -0.25) is 4.98 Å². The molecule has 1 aliphatic rings. The summed E-state index contributed by atoms with van der Waals surface area (Å²) in [7, 11) is 0. The molecule has 2 aromatic heterocycles. The third-order valence-electron chi connectivity index (χ3n) is 5.99. The minimum absolute atomic E-state index is 0.0707. The molecular weight excluding hydrogens is 410 g/mol. The molecule has 4 aromatic rings. The lowest BCUT2D eigenvalue weighted by Gasteiger charge is -2.31. The number of nitrogens with zero attached hydrogens (tertiary/aromatic N) is 3. The summed E-state index contributed by atoms with van der Waals surface area (Å²) in [5.74, 6) is 1.08. The number of aromatic nitrogens is 3. The summed E-state index contributed by atoms with van der Waals surface area (Å²) in [6.07, 6.45) is 4.67. The first-order chi connectivity index (χ1) is 15.2. The molecule has 31 heavy (non-hydrogen) atoms. The number of hydrogen-bond donors (Lipinski definition) is 0. The van der Waals surface area contributed by atoms with Gasteiger partial charge in [-0.2, -0.15) is 0 Å². The average Bonchev–Trinajstić information content (AvgIpc) is 3.19. The Labute approximate surface area is 187 Å². The molecule has 0 saturated carbocycles. The van der Waals surface area contributed by atoms with Gasteiger partial charge in [-0.1, -0.05) is 48.9 Å². The summed E-state index contributed by atoms with van der Waals surface area (Å²) in [5, 5.41) is 1.77. The largest absolute Gasteiger partial charge is 0.376 e. The molecule has 0 aliphatic carbocycles. The molecule has 5 nitrogen and oxygen atoms in total. The number of hydrogen-bond acceptors (Lipinski definition) is 4. The number of halogens is 1. The molecule has 0 unspecified atom stereocenters. The first-order valence-electron chi connectivity index (χ1n) is 10.9. The number of ether oxygens (including phenoxy) is 2. The maximum absolute atomic E-state index is 6.33. The second kappa shape index (κ2) is 8.95. The van der Waals surface area contributed by atoms with Crippen LogP contribution in [0.4, 0.5) is 0 Å². The molecule has 3 heterocycles. The Morgan fingerprint density at radius 2 is 2.03 bits per heavy atom. The van der Waals surface area contributed by atoms with Crippen molar-refractivity contribution in [3.05, 3.63) is 71.1 Å². The van der Waals surface area contributed by atoms with Crippen LogP contribution in [0.3, 0.4) is 0 Å². The van der Waals surface area contributed by atoms with E-state index in [1.54, 1.807) is 0 Å². The zero-order valence-corrected chi connectivity index (χ0v) is 18.4.